The van der Waals surface area contributed by atoms with Crippen molar-refractivity contribution in [2.24, 2.45) is 0 Å². The predicted molar refractivity (Wildman–Crippen MR) is 81.1 cm³/mol. The van der Waals surface area contributed by atoms with Gasteiger partial charge in [-0.25, -0.2) is 4.39 Å². The van der Waals surface area contributed by atoms with E-state index in [4.69, 9.17) is 4.74 Å². The van der Waals surface area contributed by atoms with Crippen LogP contribution in [0.4, 0.5) is 10.1 Å². The largest absolute Gasteiger partial charge is 0.481 e. The third-order valence-corrected chi connectivity index (χ3v) is 3.20. The van der Waals surface area contributed by atoms with Crippen molar-refractivity contribution < 1.29 is 13.9 Å². The summed E-state index contributed by atoms with van der Waals surface area (Å²) in [5, 5.41) is 2.83. The molecule has 4 heteroatoms. The van der Waals surface area contributed by atoms with E-state index in [-0.39, 0.29) is 18.3 Å². The van der Waals surface area contributed by atoms with Crippen LogP contribution in [0.1, 0.15) is 18.1 Å². The second kappa shape index (κ2) is 6.88. The summed E-state index contributed by atoms with van der Waals surface area (Å²) in [5.74, 6) is -0.703. The van der Waals surface area contributed by atoms with Gasteiger partial charge in [0.15, 0.2) is 18.2 Å². The Morgan fingerprint density at radius 1 is 1.19 bits per heavy atom. The molecule has 110 valence electrons. The van der Waals surface area contributed by atoms with E-state index in [1.807, 2.05) is 32.0 Å². The lowest BCUT2D eigenvalue weighted by molar-refractivity contribution is -0.118. The van der Waals surface area contributed by atoms with E-state index >= 15 is 0 Å². The van der Waals surface area contributed by atoms with Crippen molar-refractivity contribution in [1.82, 2.24) is 0 Å². The zero-order chi connectivity index (χ0) is 15.2. The summed E-state index contributed by atoms with van der Waals surface area (Å²) in [6, 6.07) is 11.9. The number of carbonyl (C=O) groups excluding carboxylic acids is 1. The van der Waals surface area contributed by atoms with Crippen LogP contribution in [0.5, 0.6) is 5.75 Å². The molecule has 21 heavy (non-hydrogen) atoms. The third-order valence-electron chi connectivity index (χ3n) is 3.20. The Morgan fingerprint density at radius 2 is 1.95 bits per heavy atom. The normalized spacial score (nSPS) is 10.2. The van der Waals surface area contributed by atoms with Crippen molar-refractivity contribution in [1.29, 1.82) is 0 Å². The van der Waals surface area contributed by atoms with Crippen LogP contribution in [-0.2, 0) is 11.2 Å². The van der Waals surface area contributed by atoms with E-state index in [1.54, 1.807) is 12.1 Å². The summed E-state index contributed by atoms with van der Waals surface area (Å²) in [5.41, 5.74) is 2.87. The Kier molecular flexibility index (Phi) is 4.93. The van der Waals surface area contributed by atoms with Crippen LogP contribution in [0, 0.1) is 12.7 Å². The van der Waals surface area contributed by atoms with E-state index in [1.165, 1.54) is 12.1 Å². The van der Waals surface area contributed by atoms with Gasteiger partial charge in [-0.1, -0.05) is 37.3 Å². The molecule has 0 unspecified atom stereocenters. The molecule has 1 amide bonds. The van der Waals surface area contributed by atoms with E-state index in [0.717, 1.165) is 23.2 Å². The van der Waals surface area contributed by atoms with Crippen LogP contribution >= 0.6 is 0 Å². The summed E-state index contributed by atoms with van der Waals surface area (Å²) in [6.07, 6.45) is 0.825. The van der Waals surface area contributed by atoms with Crippen LogP contribution in [0.2, 0.25) is 0 Å². The zero-order valence-electron chi connectivity index (χ0n) is 12.2. The SMILES string of the molecule is CCc1cccc(C)c1NC(=O)COc1ccccc1F. The number of aryl methyl sites for hydroxylation is 2. The number of amides is 1. The van der Waals surface area contributed by atoms with Gasteiger partial charge in [0.2, 0.25) is 0 Å². The molecule has 0 saturated heterocycles. The zero-order valence-corrected chi connectivity index (χ0v) is 12.2. The first-order chi connectivity index (χ1) is 10.1. The molecular formula is C17H18FNO2. The summed E-state index contributed by atoms with van der Waals surface area (Å²) in [7, 11) is 0. The van der Waals surface area contributed by atoms with Crippen LogP contribution < -0.4 is 10.1 Å². The molecule has 0 fully saturated rings. The average Bonchev–Trinajstić information content (AvgIpc) is 2.48. The minimum Gasteiger partial charge on any atom is -0.481 e. The molecule has 1 N–H and O–H groups in total. The highest BCUT2D eigenvalue weighted by atomic mass is 19.1. The van der Waals surface area contributed by atoms with Gasteiger partial charge in [-0.15, -0.1) is 0 Å². The topological polar surface area (TPSA) is 38.3 Å². The number of benzene rings is 2. The smallest absolute Gasteiger partial charge is 0.262 e. The van der Waals surface area contributed by atoms with Crippen molar-refractivity contribution in [3.05, 3.63) is 59.4 Å². The summed E-state index contributed by atoms with van der Waals surface area (Å²) >= 11 is 0. The fraction of sp³-hybridized carbons (Fsp3) is 0.235. The molecule has 0 aliphatic heterocycles. The first-order valence-corrected chi connectivity index (χ1v) is 6.87. The number of halogens is 1. The second-order valence-corrected chi connectivity index (χ2v) is 4.73. The van der Waals surface area contributed by atoms with Gasteiger partial charge in [-0.05, 0) is 36.6 Å². The fourth-order valence-corrected chi connectivity index (χ4v) is 2.08. The molecule has 0 spiro atoms. The molecule has 0 saturated carbocycles. The van der Waals surface area contributed by atoms with Crippen LogP contribution in [0.15, 0.2) is 42.5 Å². The van der Waals surface area contributed by atoms with E-state index < -0.39 is 5.82 Å². The molecular weight excluding hydrogens is 269 g/mol. The number of nitrogens with one attached hydrogen (secondary N) is 1. The summed E-state index contributed by atoms with van der Waals surface area (Å²) in [6.45, 7) is 3.74. The first kappa shape index (κ1) is 15.0. The molecule has 0 aliphatic carbocycles. The molecule has 3 nitrogen and oxygen atoms in total. The molecule has 2 aromatic carbocycles. The number of rotatable bonds is 5. The summed E-state index contributed by atoms with van der Waals surface area (Å²) in [4.78, 5) is 12.0. The quantitative estimate of drug-likeness (QED) is 0.910. The van der Waals surface area contributed by atoms with Crippen LogP contribution in [0.3, 0.4) is 0 Å². The Balaban J connectivity index is 2.01. The van der Waals surface area contributed by atoms with Crippen molar-refractivity contribution in [3.63, 3.8) is 0 Å². The van der Waals surface area contributed by atoms with Crippen molar-refractivity contribution in [3.8, 4) is 5.75 Å². The molecule has 0 bridgehead atoms. The minimum absolute atomic E-state index is 0.0770. The van der Waals surface area contributed by atoms with Gasteiger partial charge < -0.3 is 10.1 Å². The number of carbonyl (C=O) groups is 1. The monoisotopic (exact) mass is 287 g/mol. The Labute approximate surface area is 123 Å². The molecule has 2 rings (SSSR count). The molecule has 0 atom stereocenters. The molecule has 0 aliphatic rings. The van der Waals surface area contributed by atoms with Gasteiger partial charge in [-0.2, -0.15) is 0 Å². The van der Waals surface area contributed by atoms with Gasteiger partial charge in [0.25, 0.3) is 5.91 Å². The fourth-order valence-electron chi connectivity index (χ4n) is 2.08. The van der Waals surface area contributed by atoms with Crippen molar-refractivity contribution in [2.75, 3.05) is 11.9 Å². The van der Waals surface area contributed by atoms with E-state index in [9.17, 15) is 9.18 Å². The number of ether oxygens (including phenoxy) is 1. The lowest BCUT2D eigenvalue weighted by atomic mass is 10.1. The van der Waals surface area contributed by atoms with Gasteiger partial charge in [0, 0.05) is 5.69 Å². The lowest BCUT2D eigenvalue weighted by Crippen LogP contribution is -2.21. The van der Waals surface area contributed by atoms with Crippen molar-refractivity contribution >= 4 is 11.6 Å². The lowest BCUT2D eigenvalue weighted by Gasteiger charge is -2.13. The first-order valence-electron chi connectivity index (χ1n) is 6.87. The minimum atomic E-state index is -0.476. The number of anilines is 1. The predicted octanol–water partition coefficient (Wildman–Crippen LogP) is 3.71. The highest BCUT2D eigenvalue weighted by molar-refractivity contribution is 5.93. The molecule has 0 aromatic heterocycles. The maximum absolute atomic E-state index is 13.4. The molecule has 0 heterocycles. The van der Waals surface area contributed by atoms with Gasteiger partial charge in [0.1, 0.15) is 0 Å². The number of hydrogen-bond donors (Lipinski definition) is 1. The average molecular weight is 287 g/mol. The highest BCUT2D eigenvalue weighted by Gasteiger charge is 2.10. The third kappa shape index (κ3) is 3.81. The second-order valence-electron chi connectivity index (χ2n) is 4.73. The highest BCUT2D eigenvalue weighted by Crippen LogP contribution is 2.21. The van der Waals surface area contributed by atoms with Gasteiger partial charge in [-0.3, -0.25) is 4.79 Å². The van der Waals surface area contributed by atoms with Crippen LogP contribution in [0.25, 0.3) is 0 Å². The molecule has 0 radical (unpaired) electrons. The van der Waals surface area contributed by atoms with Crippen molar-refractivity contribution in [2.45, 2.75) is 20.3 Å². The van der Waals surface area contributed by atoms with E-state index in [2.05, 4.69) is 5.32 Å². The Morgan fingerprint density at radius 3 is 2.67 bits per heavy atom. The number of hydrogen-bond acceptors (Lipinski definition) is 2. The maximum Gasteiger partial charge on any atom is 0.262 e. The van der Waals surface area contributed by atoms with Gasteiger partial charge >= 0.3 is 0 Å². The van der Waals surface area contributed by atoms with E-state index in [0.29, 0.717) is 0 Å². The molecule has 2 aromatic rings. The maximum atomic E-state index is 13.4. The number of para-hydroxylation sites is 2. The van der Waals surface area contributed by atoms with Gasteiger partial charge in [0.05, 0.1) is 0 Å². The Bertz CT molecular complexity index is 640. The van der Waals surface area contributed by atoms with Crippen LogP contribution in [-0.4, -0.2) is 12.5 Å². The standard InChI is InChI=1S/C17H18FNO2/c1-3-13-8-6-7-12(2)17(13)19-16(20)11-21-15-10-5-4-9-14(15)18/h4-10H,3,11H2,1-2H3,(H,19,20). The summed E-state index contributed by atoms with van der Waals surface area (Å²) < 4.78 is 18.6. The Hall–Kier alpha value is -2.36.